The van der Waals surface area contributed by atoms with Gasteiger partial charge in [0.2, 0.25) is 11.8 Å². The van der Waals surface area contributed by atoms with E-state index >= 15 is 0 Å². The van der Waals surface area contributed by atoms with Gasteiger partial charge in [-0.1, -0.05) is 6.07 Å². The number of nitrogens with one attached hydrogen (secondary N) is 1. The van der Waals surface area contributed by atoms with E-state index in [4.69, 9.17) is 5.73 Å². The molecule has 0 aromatic carbocycles. The quantitative estimate of drug-likeness (QED) is 0.691. The van der Waals surface area contributed by atoms with E-state index in [0.717, 1.165) is 6.42 Å². The van der Waals surface area contributed by atoms with E-state index < -0.39 is 11.9 Å². The molecule has 10 heteroatoms. The minimum absolute atomic E-state index is 0.0633. The van der Waals surface area contributed by atoms with Crippen LogP contribution < -0.4 is 11.1 Å². The van der Waals surface area contributed by atoms with Gasteiger partial charge in [0.05, 0.1) is 11.8 Å². The summed E-state index contributed by atoms with van der Waals surface area (Å²) in [6.07, 6.45) is 4.04. The second-order valence-corrected chi connectivity index (χ2v) is 6.68. The number of carbonyl (C=O) groups excluding carboxylic acids is 3. The van der Waals surface area contributed by atoms with Gasteiger partial charge in [-0.3, -0.25) is 19.1 Å². The summed E-state index contributed by atoms with van der Waals surface area (Å²) in [4.78, 5) is 41.9. The lowest BCUT2D eigenvalue weighted by Gasteiger charge is -2.23. The first-order chi connectivity index (χ1) is 12.4. The molecule has 3 heterocycles. The number of anilines is 1. The Bertz CT molecular complexity index is 852. The van der Waals surface area contributed by atoms with Gasteiger partial charge in [0.1, 0.15) is 23.0 Å². The lowest BCUT2D eigenvalue weighted by molar-refractivity contribution is -0.137. The molecule has 0 radical (unpaired) electrons. The van der Waals surface area contributed by atoms with Crippen LogP contribution in [0.4, 0.5) is 5.82 Å². The number of nitrogens with two attached hydrogens (primary N) is 1. The molecule has 3 amide bonds. The zero-order valence-corrected chi connectivity index (χ0v) is 15.3. The number of hydrogen-bond donors (Lipinski definition) is 2. The van der Waals surface area contributed by atoms with Gasteiger partial charge in [-0.05, 0) is 40.9 Å². The summed E-state index contributed by atoms with van der Waals surface area (Å²) in [7, 11) is 0. The summed E-state index contributed by atoms with van der Waals surface area (Å²) in [5, 5.41) is 6.68. The highest BCUT2D eigenvalue weighted by Crippen LogP contribution is 2.20. The molecule has 0 unspecified atom stereocenters. The minimum Gasteiger partial charge on any atom is -0.366 e. The fraction of sp³-hybridized carbons (Fsp3) is 0.312. The van der Waals surface area contributed by atoms with E-state index in [2.05, 4.69) is 31.3 Å². The Hall–Kier alpha value is -2.75. The minimum atomic E-state index is -0.608. The van der Waals surface area contributed by atoms with Crippen LogP contribution in [0.2, 0.25) is 0 Å². The molecular formula is C16H17BrN6O3. The summed E-state index contributed by atoms with van der Waals surface area (Å²) < 4.78 is 1.95. The van der Waals surface area contributed by atoms with Crippen LogP contribution in [-0.2, 0) is 16.1 Å². The van der Waals surface area contributed by atoms with Crippen LogP contribution in [0.15, 0.2) is 35.2 Å². The van der Waals surface area contributed by atoms with Gasteiger partial charge in [0.15, 0.2) is 0 Å². The summed E-state index contributed by atoms with van der Waals surface area (Å²) >= 11 is 3.25. The van der Waals surface area contributed by atoms with Crippen LogP contribution in [0.25, 0.3) is 0 Å². The molecule has 0 spiro atoms. The lowest BCUT2D eigenvalue weighted by atomic mass is 10.2. The van der Waals surface area contributed by atoms with Gasteiger partial charge >= 0.3 is 0 Å². The number of halogens is 1. The van der Waals surface area contributed by atoms with E-state index in [1.54, 1.807) is 18.2 Å². The smallest absolute Gasteiger partial charge is 0.251 e. The van der Waals surface area contributed by atoms with Crippen molar-refractivity contribution in [3.8, 4) is 0 Å². The van der Waals surface area contributed by atoms with Crippen molar-refractivity contribution in [3.05, 3.63) is 40.8 Å². The molecule has 136 valence electrons. The lowest BCUT2D eigenvalue weighted by Crippen LogP contribution is -2.44. The average Bonchev–Trinajstić information content (AvgIpc) is 3.24. The topological polar surface area (TPSA) is 123 Å². The molecule has 0 aliphatic carbocycles. The molecular weight excluding hydrogens is 404 g/mol. The van der Waals surface area contributed by atoms with Gasteiger partial charge in [0.25, 0.3) is 5.91 Å². The van der Waals surface area contributed by atoms with Crippen molar-refractivity contribution in [1.82, 2.24) is 19.7 Å². The number of nitrogens with zero attached hydrogens (tertiary/aromatic N) is 4. The first-order valence-electron chi connectivity index (χ1n) is 7.99. The number of likely N-dealkylation sites (tertiary alicyclic amines) is 1. The molecule has 1 aliphatic heterocycles. The van der Waals surface area contributed by atoms with Crippen LogP contribution in [0.5, 0.6) is 0 Å². The van der Waals surface area contributed by atoms with E-state index in [-0.39, 0.29) is 23.9 Å². The summed E-state index contributed by atoms with van der Waals surface area (Å²) in [5.41, 5.74) is 5.41. The monoisotopic (exact) mass is 420 g/mol. The number of rotatable bonds is 5. The Kier molecular flexibility index (Phi) is 5.31. The van der Waals surface area contributed by atoms with Crippen molar-refractivity contribution in [3.63, 3.8) is 0 Å². The highest BCUT2D eigenvalue weighted by Gasteiger charge is 2.34. The van der Waals surface area contributed by atoms with Crippen molar-refractivity contribution >= 4 is 39.5 Å². The van der Waals surface area contributed by atoms with Crippen molar-refractivity contribution in [2.24, 2.45) is 5.73 Å². The standard InChI is InChI=1S/C16H17BrN6O3/c17-12-4-1-5-13(20-12)21-16(26)11-3-2-6-23(11)14(24)9-22-8-10(7-19-22)15(18)25/h1,4-5,7-8,11H,2-3,6,9H2,(H2,18,25)(H,20,21,26)/t11-/m0/s1. The highest BCUT2D eigenvalue weighted by atomic mass is 79.9. The Balaban J connectivity index is 1.65. The molecule has 1 atom stereocenters. The molecule has 3 N–H and O–H groups in total. The van der Waals surface area contributed by atoms with Gasteiger partial charge in [0, 0.05) is 12.7 Å². The van der Waals surface area contributed by atoms with E-state index in [1.165, 1.54) is 22.0 Å². The third kappa shape index (κ3) is 4.07. The predicted octanol–water partition coefficient (Wildman–Crippen LogP) is 0.769. The Morgan fingerprint density at radius 1 is 1.35 bits per heavy atom. The largest absolute Gasteiger partial charge is 0.366 e. The molecule has 1 aliphatic rings. The molecule has 1 fully saturated rings. The SMILES string of the molecule is NC(=O)c1cnn(CC(=O)N2CCC[C@H]2C(=O)Nc2cccc(Br)n2)c1. The first kappa shape index (κ1) is 18.1. The molecule has 9 nitrogen and oxygen atoms in total. The fourth-order valence-corrected chi connectivity index (χ4v) is 3.18. The second kappa shape index (κ2) is 7.65. The van der Waals surface area contributed by atoms with E-state index in [9.17, 15) is 14.4 Å². The maximum atomic E-state index is 12.6. The van der Waals surface area contributed by atoms with E-state index in [0.29, 0.717) is 23.4 Å². The zero-order chi connectivity index (χ0) is 18.7. The fourth-order valence-electron chi connectivity index (χ4n) is 2.83. The maximum Gasteiger partial charge on any atom is 0.251 e. The van der Waals surface area contributed by atoms with Gasteiger partial charge in [-0.15, -0.1) is 0 Å². The number of aromatic nitrogens is 3. The van der Waals surface area contributed by atoms with Crippen molar-refractivity contribution in [1.29, 1.82) is 0 Å². The molecule has 0 bridgehead atoms. The summed E-state index contributed by atoms with van der Waals surface area (Å²) in [6.45, 7) is 0.430. The van der Waals surface area contributed by atoms with Crippen molar-refractivity contribution in [2.45, 2.75) is 25.4 Å². The molecule has 3 rings (SSSR count). The van der Waals surface area contributed by atoms with Crippen molar-refractivity contribution < 1.29 is 14.4 Å². The first-order valence-corrected chi connectivity index (χ1v) is 8.78. The Labute approximate surface area is 157 Å². The van der Waals surface area contributed by atoms with E-state index in [1.807, 2.05) is 0 Å². The van der Waals surface area contributed by atoms with Crippen LogP contribution in [0.3, 0.4) is 0 Å². The average molecular weight is 421 g/mol. The highest BCUT2D eigenvalue weighted by molar-refractivity contribution is 9.10. The summed E-state index contributed by atoms with van der Waals surface area (Å²) in [6, 6.07) is 4.64. The van der Waals surface area contributed by atoms with Gasteiger partial charge in [-0.2, -0.15) is 5.10 Å². The predicted molar refractivity (Wildman–Crippen MR) is 96.0 cm³/mol. The normalized spacial score (nSPS) is 16.5. The summed E-state index contributed by atoms with van der Waals surface area (Å²) in [5.74, 6) is -0.714. The third-order valence-electron chi connectivity index (χ3n) is 4.06. The number of primary amides is 1. The number of carbonyl (C=O) groups is 3. The van der Waals surface area contributed by atoms with Crippen LogP contribution >= 0.6 is 15.9 Å². The van der Waals surface area contributed by atoms with Crippen molar-refractivity contribution in [2.75, 3.05) is 11.9 Å². The molecule has 2 aromatic rings. The Morgan fingerprint density at radius 2 is 2.15 bits per heavy atom. The maximum absolute atomic E-state index is 12.6. The number of amides is 3. The van der Waals surface area contributed by atoms with Gasteiger partial charge in [-0.25, -0.2) is 4.98 Å². The number of pyridine rings is 1. The van der Waals surface area contributed by atoms with Gasteiger partial charge < -0.3 is 16.0 Å². The third-order valence-corrected chi connectivity index (χ3v) is 4.50. The second-order valence-electron chi connectivity index (χ2n) is 5.87. The molecule has 26 heavy (non-hydrogen) atoms. The molecule has 1 saturated heterocycles. The Morgan fingerprint density at radius 3 is 2.85 bits per heavy atom. The van der Waals surface area contributed by atoms with Crippen LogP contribution in [0.1, 0.15) is 23.2 Å². The molecule has 2 aromatic heterocycles. The van der Waals surface area contributed by atoms with Crippen LogP contribution in [-0.4, -0.2) is 50.0 Å². The molecule has 0 saturated carbocycles. The van der Waals surface area contributed by atoms with Crippen LogP contribution in [0, 0.1) is 0 Å². The number of hydrogen-bond acceptors (Lipinski definition) is 5. The zero-order valence-electron chi connectivity index (χ0n) is 13.8.